The van der Waals surface area contributed by atoms with Crippen molar-refractivity contribution >= 4 is 13.8 Å². The van der Waals surface area contributed by atoms with Crippen LogP contribution in [0.3, 0.4) is 0 Å². The Kier molecular flexibility index (Phi) is 29.6. The van der Waals surface area contributed by atoms with Crippen LogP contribution in [0.15, 0.2) is 24.3 Å². The lowest BCUT2D eigenvalue weighted by Crippen LogP contribution is -2.37. The van der Waals surface area contributed by atoms with Crippen molar-refractivity contribution < 1.29 is 37.3 Å². The zero-order valence-electron chi connectivity index (χ0n) is 29.9. The van der Waals surface area contributed by atoms with Crippen LogP contribution in [0, 0.1) is 0 Å². The van der Waals surface area contributed by atoms with Gasteiger partial charge in [0.2, 0.25) is 0 Å². The fourth-order valence-electron chi connectivity index (χ4n) is 4.64. The second kappa shape index (κ2) is 30.3. The monoisotopic (exact) mass is 660 g/mol. The third kappa shape index (κ3) is 34.1. The predicted molar refractivity (Wildman–Crippen MR) is 187 cm³/mol. The van der Waals surface area contributed by atoms with E-state index in [9.17, 15) is 14.3 Å². The minimum Gasteiger partial charge on any atom is -0.457 e. The number of hydrogen-bond donors (Lipinski definition) is 1. The maximum Gasteiger partial charge on any atom is 0.472 e. The molecular formula is C36H71NO7P+. The molecule has 0 radical (unpaired) electrons. The number of rotatable bonds is 33. The smallest absolute Gasteiger partial charge is 0.457 e. The van der Waals surface area contributed by atoms with E-state index in [0.717, 1.165) is 38.5 Å². The van der Waals surface area contributed by atoms with Crippen molar-refractivity contribution in [1.82, 2.24) is 0 Å². The lowest BCUT2D eigenvalue weighted by atomic mass is 10.1. The first-order valence-electron chi connectivity index (χ1n) is 18.1. The van der Waals surface area contributed by atoms with Gasteiger partial charge in [-0.05, 0) is 44.9 Å². The summed E-state index contributed by atoms with van der Waals surface area (Å²) >= 11 is 0. The number of carbonyl (C=O) groups excluding carboxylic acids is 1. The lowest BCUT2D eigenvalue weighted by molar-refractivity contribution is -0.870. The lowest BCUT2D eigenvalue weighted by Gasteiger charge is -2.24. The van der Waals surface area contributed by atoms with Gasteiger partial charge < -0.3 is 18.9 Å². The molecule has 2 unspecified atom stereocenters. The number of phosphoric acid groups is 1. The first kappa shape index (κ1) is 44.0. The molecule has 0 aliphatic rings. The molecule has 0 spiro atoms. The maximum atomic E-state index is 12.3. The van der Waals surface area contributed by atoms with Crippen molar-refractivity contribution in [3.05, 3.63) is 24.3 Å². The van der Waals surface area contributed by atoms with Crippen LogP contribution in [0.1, 0.15) is 142 Å². The number of quaternary nitrogens is 1. The van der Waals surface area contributed by atoms with Gasteiger partial charge in [-0.15, -0.1) is 0 Å². The summed E-state index contributed by atoms with van der Waals surface area (Å²) in [5.74, 6) is -0.340. The van der Waals surface area contributed by atoms with Crippen LogP contribution in [-0.4, -0.2) is 75.6 Å². The molecule has 0 heterocycles. The van der Waals surface area contributed by atoms with Crippen molar-refractivity contribution in [2.45, 2.75) is 148 Å². The Morgan fingerprint density at radius 1 is 0.689 bits per heavy atom. The maximum absolute atomic E-state index is 12.3. The number of likely N-dealkylation sites (N-methyl/N-ethyl adjacent to an activating group) is 1. The molecule has 0 aromatic carbocycles. The number of ether oxygens (including phenoxy) is 2. The summed E-state index contributed by atoms with van der Waals surface area (Å²) in [6, 6.07) is 0. The Hall–Kier alpha value is -1.02. The van der Waals surface area contributed by atoms with Crippen molar-refractivity contribution in [1.29, 1.82) is 0 Å². The molecule has 0 bridgehead atoms. The molecule has 0 aromatic rings. The molecule has 1 N–H and O–H groups in total. The van der Waals surface area contributed by atoms with Gasteiger partial charge in [0.05, 0.1) is 34.4 Å². The highest BCUT2D eigenvalue weighted by atomic mass is 31.2. The van der Waals surface area contributed by atoms with E-state index in [-0.39, 0.29) is 25.8 Å². The number of nitrogens with zero attached hydrogens (tertiary/aromatic N) is 1. The Balaban J connectivity index is 3.96. The molecule has 0 aliphatic carbocycles. The van der Waals surface area contributed by atoms with Gasteiger partial charge in [-0.1, -0.05) is 115 Å². The van der Waals surface area contributed by atoms with Crippen LogP contribution in [0.4, 0.5) is 0 Å². The molecule has 0 rings (SSSR count). The van der Waals surface area contributed by atoms with E-state index in [1.165, 1.54) is 83.5 Å². The number of hydrogen-bond acceptors (Lipinski definition) is 6. The van der Waals surface area contributed by atoms with E-state index in [0.29, 0.717) is 24.1 Å². The van der Waals surface area contributed by atoms with Crippen molar-refractivity contribution in [3.63, 3.8) is 0 Å². The minimum absolute atomic E-state index is 0.0881. The highest BCUT2D eigenvalue weighted by molar-refractivity contribution is 7.47. The van der Waals surface area contributed by atoms with Crippen LogP contribution in [-0.2, 0) is 27.9 Å². The summed E-state index contributed by atoms with van der Waals surface area (Å²) < 4.78 is 34.4. The standard InChI is InChI=1S/C36H70NO7P/c1-6-8-10-11-12-13-14-15-16-17-18-19-20-21-22-23-24-25-26-28-31-41-33-35(44-36(38)29-27-9-7-2)34-43-45(39,40)42-32-30-37(3,4)5/h12-13,15-16,35H,6-11,14,17-34H2,1-5H3/p+1/b13-12-,16-15-. The number of carbonyl (C=O) groups is 1. The third-order valence-electron chi connectivity index (χ3n) is 7.52. The molecule has 266 valence electrons. The number of phosphoric ester groups is 1. The minimum atomic E-state index is -4.25. The van der Waals surface area contributed by atoms with Gasteiger partial charge in [0.25, 0.3) is 0 Å². The van der Waals surface area contributed by atoms with Crippen LogP contribution < -0.4 is 0 Å². The quantitative estimate of drug-likeness (QED) is 0.0246. The number of allylic oxidation sites excluding steroid dienone is 4. The predicted octanol–water partition coefficient (Wildman–Crippen LogP) is 9.71. The van der Waals surface area contributed by atoms with Gasteiger partial charge in [0, 0.05) is 13.0 Å². The zero-order valence-corrected chi connectivity index (χ0v) is 30.7. The molecule has 0 aromatic heterocycles. The van der Waals surface area contributed by atoms with Crippen LogP contribution in [0.2, 0.25) is 0 Å². The molecule has 8 nitrogen and oxygen atoms in total. The van der Waals surface area contributed by atoms with E-state index in [1.54, 1.807) is 0 Å². The Morgan fingerprint density at radius 2 is 1.22 bits per heavy atom. The van der Waals surface area contributed by atoms with Gasteiger partial charge in [0.15, 0.2) is 0 Å². The largest absolute Gasteiger partial charge is 0.472 e. The Morgan fingerprint density at radius 3 is 1.80 bits per heavy atom. The Labute approximate surface area is 277 Å². The summed E-state index contributed by atoms with van der Waals surface area (Å²) in [6.07, 6.45) is 31.4. The molecule has 0 amide bonds. The molecule has 0 fully saturated rings. The second-order valence-corrected chi connectivity index (χ2v) is 14.7. The number of unbranched alkanes of at least 4 members (excludes halogenated alkanes) is 15. The fraction of sp³-hybridized carbons (Fsp3) is 0.861. The van der Waals surface area contributed by atoms with Gasteiger partial charge in [0.1, 0.15) is 19.3 Å². The van der Waals surface area contributed by atoms with E-state index in [4.69, 9.17) is 18.5 Å². The molecule has 45 heavy (non-hydrogen) atoms. The van der Waals surface area contributed by atoms with E-state index in [1.807, 2.05) is 21.1 Å². The molecule has 2 atom stereocenters. The first-order chi connectivity index (χ1) is 21.6. The molecular weight excluding hydrogens is 589 g/mol. The van der Waals surface area contributed by atoms with Crippen LogP contribution in [0.5, 0.6) is 0 Å². The Bertz CT molecular complexity index is 782. The van der Waals surface area contributed by atoms with E-state index in [2.05, 4.69) is 38.2 Å². The topological polar surface area (TPSA) is 91.3 Å². The summed E-state index contributed by atoms with van der Waals surface area (Å²) in [4.78, 5) is 22.3. The number of esters is 1. The van der Waals surface area contributed by atoms with E-state index >= 15 is 0 Å². The van der Waals surface area contributed by atoms with Crippen molar-refractivity contribution in [2.24, 2.45) is 0 Å². The van der Waals surface area contributed by atoms with Gasteiger partial charge in [-0.3, -0.25) is 13.8 Å². The normalized spacial score (nSPS) is 14.4. The van der Waals surface area contributed by atoms with Gasteiger partial charge >= 0.3 is 13.8 Å². The fourth-order valence-corrected chi connectivity index (χ4v) is 5.38. The molecule has 0 aliphatic heterocycles. The third-order valence-corrected chi connectivity index (χ3v) is 8.50. The van der Waals surface area contributed by atoms with Crippen LogP contribution in [0.25, 0.3) is 0 Å². The average Bonchev–Trinajstić information content (AvgIpc) is 2.97. The summed E-state index contributed by atoms with van der Waals surface area (Å²) in [5.41, 5.74) is 0. The molecule has 0 saturated heterocycles. The summed E-state index contributed by atoms with van der Waals surface area (Å²) in [6.45, 7) is 5.41. The second-order valence-electron chi connectivity index (χ2n) is 13.3. The molecule has 0 saturated carbocycles. The SMILES string of the molecule is CCCCC/C=C\C/C=C\CCCCCCCCCCCCOCC(COP(=O)(O)OCC[N+](C)(C)C)OC(=O)CCCCC. The zero-order chi connectivity index (χ0) is 33.5. The van der Waals surface area contributed by atoms with E-state index < -0.39 is 13.9 Å². The summed E-state index contributed by atoms with van der Waals surface area (Å²) in [5, 5.41) is 0. The summed E-state index contributed by atoms with van der Waals surface area (Å²) in [7, 11) is 1.66. The highest BCUT2D eigenvalue weighted by Gasteiger charge is 2.26. The van der Waals surface area contributed by atoms with Crippen LogP contribution >= 0.6 is 7.82 Å². The van der Waals surface area contributed by atoms with Gasteiger partial charge in [-0.25, -0.2) is 4.57 Å². The first-order valence-corrected chi connectivity index (χ1v) is 19.6. The highest BCUT2D eigenvalue weighted by Crippen LogP contribution is 2.43. The molecule has 9 heteroatoms. The van der Waals surface area contributed by atoms with Gasteiger partial charge in [-0.2, -0.15) is 0 Å². The van der Waals surface area contributed by atoms with Crippen molar-refractivity contribution in [2.75, 3.05) is 54.1 Å². The van der Waals surface area contributed by atoms with Crippen molar-refractivity contribution in [3.8, 4) is 0 Å². The average molecular weight is 661 g/mol.